The van der Waals surface area contributed by atoms with E-state index in [-0.39, 0.29) is 25.1 Å². The fourth-order valence-corrected chi connectivity index (χ4v) is 4.24. The molecule has 0 aliphatic rings. The quantitative estimate of drug-likeness (QED) is 0.290. The number of nitrogens with one attached hydrogen (secondary N) is 2. The minimum atomic E-state index is -4.09. The van der Waals surface area contributed by atoms with Crippen molar-refractivity contribution < 1.29 is 28.7 Å². The first kappa shape index (κ1) is 25.2. The predicted octanol–water partition coefficient (Wildman–Crippen LogP) is 3.67. The second-order valence-corrected chi connectivity index (χ2v) is 9.43. The summed E-state index contributed by atoms with van der Waals surface area (Å²) in [6.45, 7) is -0.0450. The van der Waals surface area contributed by atoms with Crippen LogP contribution < -0.4 is 15.2 Å². The Morgan fingerprint density at radius 3 is 2.09 bits per heavy atom. The van der Waals surface area contributed by atoms with Crippen molar-refractivity contribution in [3.63, 3.8) is 0 Å². The minimum Gasteiger partial charge on any atom is -0.481 e. The Morgan fingerprint density at radius 2 is 1.47 bits per heavy atom. The van der Waals surface area contributed by atoms with Crippen molar-refractivity contribution in [2.24, 2.45) is 0 Å². The number of hydrogen-bond acceptors (Lipinski definition) is 5. The monoisotopic (exact) mass is 482 g/mol. The average Bonchev–Trinajstić information content (AvgIpc) is 2.83. The normalized spacial score (nSPS) is 13.4. The van der Waals surface area contributed by atoms with Crippen LogP contribution in [0.2, 0.25) is 0 Å². The van der Waals surface area contributed by atoms with E-state index in [0.717, 1.165) is 16.7 Å². The van der Waals surface area contributed by atoms with Crippen LogP contribution in [0.25, 0.3) is 11.1 Å². The standard InChI is InChI=1S/C25H27N2O6P/c28-24(29)15-16-26-25(30)23(27-18-34(31,32)33-22-9-5-2-6-10-22)17-19-11-13-21(14-12-19)20-7-3-1-4-8-20/h1-14,23,27H,15-18H2,(H,26,30)(H,28,29)(H,31,32)/t23-/m0/s1. The van der Waals surface area contributed by atoms with Gasteiger partial charge in [-0.05, 0) is 35.2 Å². The van der Waals surface area contributed by atoms with Gasteiger partial charge in [0.2, 0.25) is 5.91 Å². The number of benzene rings is 3. The molecule has 0 saturated heterocycles. The van der Waals surface area contributed by atoms with Crippen LogP contribution in [-0.4, -0.2) is 40.7 Å². The predicted molar refractivity (Wildman–Crippen MR) is 130 cm³/mol. The number of carboxylic acid groups (broad SMARTS) is 1. The molecule has 3 rings (SSSR count). The SMILES string of the molecule is O=C(O)CCNC(=O)[C@H](Cc1ccc(-c2ccccc2)cc1)NCP(=O)(O)Oc1ccccc1. The summed E-state index contributed by atoms with van der Waals surface area (Å²) < 4.78 is 17.7. The summed E-state index contributed by atoms with van der Waals surface area (Å²) in [5.74, 6) is -1.25. The summed E-state index contributed by atoms with van der Waals surface area (Å²) >= 11 is 0. The maximum Gasteiger partial charge on any atom is 0.390 e. The second-order valence-electron chi connectivity index (χ2n) is 7.66. The zero-order valence-corrected chi connectivity index (χ0v) is 19.4. The van der Waals surface area contributed by atoms with Crippen LogP contribution in [0.5, 0.6) is 5.75 Å². The average molecular weight is 482 g/mol. The molecule has 3 aromatic rings. The summed E-state index contributed by atoms with van der Waals surface area (Å²) in [6.07, 6.45) is -0.444. The molecule has 4 N–H and O–H groups in total. The number of carbonyl (C=O) groups excluding carboxylic acids is 1. The summed E-state index contributed by atoms with van der Waals surface area (Å²) in [7, 11) is -4.09. The van der Waals surface area contributed by atoms with Crippen molar-refractivity contribution in [2.75, 3.05) is 12.8 Å². The lowest BCUT2D eigenvalue weighted by Gasteiger charge is -2.21. The van der Waals surface area contributed by atoms with Crippen molar-refractivity contribution in [1.29, 1.82) is 0 Å². The van der Waals surface area contributed by atoms with Crippen LogP contribution in [0, 0.1) is 0 Å². The van der Waals surface area contributed by atoms with Gasteiger partial charge >= 0.3 is 13.6 Å². The summed E-state index contributed by atoms with van der Waals surface area (Å²) in [5, 5.41) is 14.2. The molecule has 1 amide bonds. The smallest absolute Gasteiger partial charge is 0.390 e. The molecule has 0 aliphatic heterocycles. The Bertz CT molecular complexity index is 1120. The van der Waals surface area contributed by atoms with Crippen LogP contribution >= 0.6 is 7.60 Å². The summed E-state index contributed by atoms with van der Waals surface area (Å²) in [6, 6.07) is 24.9. The van der Waals surface area contributed by atoms with Gasteiger partial charge in [-0.25, -0.2) is 4.57 Å². The number of para-hydroxylation sites is 1. The Kier molecular flexibility index (Phi) is 8.99. The Hall–Kier alpha value is -3.45. The third kappa shape index (κ3) is 8.15. The van der Waals surface area contributed by atoms with E-state index >= 15 is 0 Å². The van der Waals surface area contributed by atoms with E-state index in [1.165, 1.54) is 0 Å². The highest BCUT2D eigenvalue weighted by molar-refractivity contribution is 7.53. The third-order valence-electron chi connectivity index (χ3n) is 4.98. The molecule has 0 heterocycles. The first-order valence-electron chi connectivity index (χ1n) is 10.8. The first-order valence-corrected chi connectivity index (χ1v) is 12.5. The van der Waals surface area contributed by atoms with Gasteiger partial charge in [0, 0.05) is 6.54 Å². The van der Waals surface area contributed by atoms with E-state index in [9.17, 15) is 19.0 Å². The topological polar surface area (TPSA) is 125 Å². The van der Waals surface area contributed by atoms with Gasteiger partial charge in [-0.15, -0.1) is 0 Å². The van der Waals surface area contributed by atoms with Crippen LogP contribution in [0.15, 0.2) is 84.9 Å². The number of carbonyl (C=O) groups is 2. The molecule has 0 bridgehead atoms. The molecule has 0 radical (unpaired) electrons. The maximum atomic E-state index is 12.7. The maximum absolute atomic E-state index is 12.7. The molecule has 3 aromatic carbocycles. The van der Waals surface area contributed by atoms with Gasteiger partial charge in [-0.2, -0.15) is 0 Å². The van der Waals surface area contributed by atoms with E-state index in [0.29, 0.717) is 0 Å². The third-order valence-corrected chi connectivity index (χ3v) is 6.06. The lowest BCUT2D eigenvalue weighted by Crippen LogP contribution is -2.46. The van der Waals surface area contributed by atoms with Gasteiger partial charge in [-0.3, -0.25) is 14.9 Å². The van der Waals surface area contributed by atoms with Crippen molar-refractivity contribution in [2.45, 2.75) is 18.9 Å². The van der Waals surface area contributed by atoms with Gasteiger partial charge in [0.05, 0.1) is 12.5 Å². The van der Waals surface area contributed by atoms with Gasteiger partial charge in [0.25, 0.3) is 0 Å². The molecule has 0 aromatic heterocycles. The van der Waals surface area contributed by atoms with Crippen molar-refractivity contribution >= 4 is 19.5 Å². The minimum absolute atomic E-state index is 0.0450. The molecule has 178 valence electrons. The van der Waals surface area contributed by atoms with Crippen LogP contribution in [-0.2, 0) is 20.6 Å². The molecule has 9 heteroatoms. The molecule has 34 heavy (non-hydrogen) atoms. The van der Waals surface area contributed by atoms with E-state index in [2.05, 4.69) is 10.6 Å². The molecule has 0 fully saturated rings. The molecule has 0 spiro atoms. The summed E-state index contributed by atoms with van der Waals surface area (Å²) in [5.41, 5.74) is 2.92. The van der Waals surface area contributed by atoms with E-state index in [4.69, 9.17) is 9.63 Å². The van der Waals surface area contributed by atoms with Crippen molar-refractivity contribution in [1.82, 2.24) is 10.6 Å². The lowest BCUT2D eigenvalue weighted by atomic mass is 10.0. The zero-order chi connectivity index (χ0) is 24.4. The lowest BCUT2D eigenvalue weighted by molar-refractivity contribution is -0.137. The van der Waals surface area contributed by atoms with Gasteiger partial charge in [0.1, 0.15) is 12.0 Å². The van der Waals surface area contributed by atoms with Gasteiger partial charge in [-0.1, -0.05) is 72.8 Å². The van der Waals surface area contributed by atoms with Crippen LogP contribution in [0.4, 0.5) is 0 Å². The Labute approximate surface area is 198 Å². The van der Waals surface area contributed by atoms with Gasteiger partial charge in [0.15, 0.2) is 0 Å². The number of hydrogen-bond donors (Lipinski definition) is 4. The van der Waals surface area contributed by atoms with E-state index < -0.39 is 31.8 Å². The molecular formula is C25H27N2O6P. The molecule has 0 saturated carbocycles. The van der Waals surface area contributed by atoms with E-state index in [1.807, 2.05) is 54.6 Å². The highest BCUT2D eigenvalue weighted by atomic mass is 31.2. The Morgan fingerprint density at radius 1 is 0.882 bits per heavy atom. The zero-order valence-electron chi connectivity index (χ0n) is 18.5. The number of rotatable bonds is 12. The summed E-state index contributed by atoms with van der Waals surface area (Å²) in [4.78, 5) is 33.7. The molecule has 1 unspecified atom stereocenters. The second kappa shape index (κ2) is 12.1. The molecule has 8 nitrogen and oxygen atoms in total. The fraction of sp³-hybridized carbons (Fsp3) is 0.200. The van der Waals surface area contributed by atoms with Crippen molar-refractivity contribution in [3.8, 4) is 16.9 Å². The van der Waals surface area contributed by atoms with Crippen LogP contribution in [0.1, 0.15) is 12.0 Å². The molecule has 2 atom stereocenters. The highest BCUT2D eigenvalue weighted by Crippen LogP contribution is 2.41. The first-order chi connectivity index (χ1) is 16.3. The highest BCUT2D eigenvalue weighted by Gasteiger charge is 2.26. The van der Waals surface area contributed by atoms with Crippen LogP contribution in [0.3, 0.4) is 0 Å². The largest absolute Gasteiger partial charge is 0.481 e. The number of aliphatic carboxylic acids is 1. The number of carboxylic acids is 1. The Balaban J connectivity index is 1.68. The van der Waals surface area contributed by atoms with E-state index in [1.54, 1.807) is 30.3 Å². The fourth-order valence-electron chi connectivity index (χ4n) is 3.28. The molecule has 0 aliphatic carbocycles. The van der Waals surface area contributed by atoms with Crippen molar-refractivity contribution in [3.05, 3.63) is 90.5 Å². The number of amides is 1. The molecular weight excluding hydrogens is 455 g/mol. The van der Waals surface area contributed by atoms with Gasteiger partial charge < -0.3 is 19.8 Å².